The van der Waals surface area contributed by atoms with Gasteiger partial charge in [-0.25, -0.2) is 0 Å². The molecule has 0 saturated carbocycles. The SMILES string of the molecule is CCCN(CC(=O)Nc1ccc(Cl)cc1Cl)CC(=O)Nc1cc(Cl)ccc1OC. The van der Waals surface area contributed by atoms with Crippen LogP contribution in [0, 0.1) is 0 Å². The summed E-state index contributed by atoms with van der Waals surface area (Å²) < 4.78 is 5.23. The Balaban J connectivity index is 1.99. The Kier molecular flexibility index (Phi) is 9.04. The Hall–Kier alpha value is -1.99. The molecular formula is C20H22Cl3N3O3. The number of carbonyl (C=O) groups excluding carboxylic acids is 2. The second-order valence-corrected chi connectivity index (χ2v) is 7.56. The summed E-state index contributed by atoms with van der Waals surface area (Å²) in [5.74, 6) is -0.0629. The molecule has 2 amide bonds. The van der Waals surface area contributed by atoms with Gasteiger partial charge in [0.05, 0.1) is 36.6 Å². The predicted molar refractivity (Wildman–Crippen MR) is 118 cm³/mol. The number of carbonyl (C=O) groups is 2. The molecule has 0 aromatic heterocycles. The van der Waals surface area contributed by atoms with E-state index in [1.165, 1.54) is 7.11 Å². The van der Waals surface area contributed by atoms with Crippen LogP contribution in [0.2, 0.25) is 15.1 Å². The number of amides is 2. The quantitative estimate of drug-likeness (QED) is 0.558. The van der Waals surface area contributed by atoms with Crippen molar-refractivity contribution in [2.75, 3.05) is 37.4 Å². The number of ether oxygens (including phenoxy) is 1. The molecule has 0 atom stereocenters. The lowest BCUT2D eigenvalue weighted by Crippen LogP contribution is -2.39. The first-order valence-corrected chi connectivity index (χ1v) is 10.1. The lowest BCUT2D eigenvalue weighted by molar-refractivity contribution is -0.120. The highest BCUT2D eigenvalue weighted by Gasteiger charge is 2.16. The second kappa shape index (κ2) is 11.3. The molecule has 0 saturated heterocycles. The summed E-state index contributed by atoms with van der Waals surface area (Å²) in [6.07, 6.45) is 0.781. The normalized spacial score (nSPS) is 10.7. The molecule has 2 rings (SSSR count). The van der Waals surface area contributed by atoms with Gasteiger partial charge < -0.3 is 15.4 Å². The third kappa shape index (κ3) is 7.40. The number of anilines is 2. The fraction of sp³-hybridized carbons (Fsp3) is 0.300. The first-order valence-electron chi connectivity index (χ1n) is 8.93. The highest BCUT2D eigenvalue weighted by atomic mass is 35.5. The van der Waals surface area contributed by atoms with E-state index in [-0.39, 0.29) is 24.9 Å². The predicted octanol–water partition coefficient (Wildman–Crippen LogP) is 4.94. The van der Waals surface area contributed by atoms with E-state index in [4.69, 9.17) is 39.5 Å². The minimum absolute atomic E-state index is 0.0330. The molecule has 2 aromatic rings. The number of methoxy groups -OCH3 is 1. The van der Waals surface area contributed by atoms with Crippen molar-refractivity contribution in [1.82, 2.24) is 4.90 Å². The molecule has 0 aliphatic heterocycles. The van der Waals surface area contributed by atoms with Gasteiger partial charge >= 0.3 is 0 Å². The lowest BCUT2D eigenvalue weighted by atomic mass is 10.3. The zero-order valence-corrected chi connectivity index (χ0v) is 18.4. The van der Waals surface area contributed by atoms with Gasteiger partial charge in [0.2, 0.25) is 11.8 Å². The summed E-state index contributed by atoms with van der Waals surface area (Å²) in [5.41, 5.74) is 0.935. The Bertz CT molecular complexity index is 877. The van der Waals surface area contributed by atoms with Crippen molar-refractivity contribution < 1.29 is 14.3 Å². The van der Waals surface area contributed by atoms with Gasteiger partial charge in [-0.05, 0) is 49.4 Å². The van der Waals surface area contributed by atoms with Gasteiger partial charge in [-0.1, -0.05) is 41.7 Å². The third-order valence-corrected chi connectivity index (χ3v) is 4.70. The van der Waals surface area contributed by atoms with Crippen LogP contribution in [0.5, 0.6) is 5.75 Å². The van der Waals surface area contributed by atoms with Gasteiger partial charge in [0.15, 0.2) is 0 Å². The number of benzene rings is 2. The first-order chi connectivity index (χ1) is 13.8. The molecule has 0 aliphatic carbocycles. The maximum Gasteiger partial charge on any atom is 0.238 e. The molecule has 6 nitrogen and oxygen atoms in total. The van der Waals surface area contributed by atoms with Crippen LogP contribution in [0.15, 0.2) is 36.4 Å². The monoisotopic (exact) mass is 457 g/mol. The van der Waals surface area contributed by atoms with Gasteiger partial charge in [-0.3, -0.25) is 14.5 Å². The topological polar surface area (TPSA) is 70.7 Å². The van der Waals surface area contributed by atoms with E-state index in [2.05, 4.69) is 10.6 Å². The van der Waals surface area contributed by atoms with E-state index >= 15 is 0 Å². The summed E-state index contributed by atoms with van der Waals surface area (Å²) >= 11 is 17.9. The van der Waals surface area contributed by atoms with Crippen LogP contribution in [-0.2, 0) is 9.59 Å². The molecule has 0 unspecified atom stereocenters. The highest BCUT2D eigenvalue weighted by molar-refractivity contribution is 6.36. The van der Waals surface area contributed by atoms with E-state index in [1.54, 1.807) is 41.3 Å². The van der Waals surface area contributed by atoms with Crippen molar-refractivity contribution in [2.45, 2.75) is 13.3 Å². The molecule has 2 N–H and O–H groups in total. The van der Waals surface area contributed by atoms with Crippen LogP contribution >= 0.6 is 34.8 Å². The van der Waals surface area contributed by atoms with Gasteiger partial charge in [0.25, 0.3) is 0 Å². The fourth-order valence-corrected chi connectivity index (χ4v) is 3.31. The number of hydrogen-bond donors (Lipinski definition) is 2. The minimum atomic E-state index is -0.282. The maximum absolute atomic E-state index is 12.5. The fourth-order valence-electron chi connectivity index (χ4n) is 2.68. The van der Waals surface area contributed by atoms with Crippen molar-refractivity contribution >= 4 is 58.0 Å². The van der Waals surface area contributed by atoms with Crippen LogP contribution in [-0.4, -0.2) is 43.5 Å². The average Bonchev–Trinajstić information content (AvgIpc) is 2.64. The molecule has 0 aliphatic rings. The van der Waals surface area contributed by atoms with E-state index < -0.39 is 0 Å². The van der Waals surface area contributed by atoms with Crippen molar-refractivity contribution in [2.24, 2.45) is 0 Å². The van der Waals surface area contributed by atoms with Crippen molar-refractivity contribution in [1.29, 1.82) is 0 Å². The Morgan fingerprint density at radius 3 is 2.10 bits per heavy atom. The minimum Gasteiger partial charge on any atom is -0.495 e. The Labute approximate surface area is 185 Å². The molecule has 29 heavy (non-hydrogen) atoms. The summed E-state index contributed by atoms with van der Waals surface area (Å²) in [5, 5.41) is 6.81. The van der Waals surface area contributed by atoms with Crippen LogP contribution in [0.3, 0.4) is 0 Å². The van der Waals surface area contributed by atoms with E-state index in [9.17, 15) is 9.59 Å². The largest absolute Gasteiger partial charge is 0.495 e. The molecular weight excluding hydrogens is 437 g/mol. The number of rotatable bonds is 9. The summed E-state index contributed by atoms with van der Waals surface area (Å²) in [7, 11) is 1.51. The van der Waals surface area contributed by atoms with Gasteiger partial charge in [0, 0.05) is 10.0 Å². The van der Waals surface area contributed by atoms with Crippen molar-refractivity contribution in [3.63, 3.8) is 0 Å². The summed E-state index contributed by atoms with van der Waals surface area (Å²) in [6.45, 7) is 2.61. The van der Waals surface area contributed by atoms with Crippen molar-refractivity contribution in [3.05, 3.63) is 51.5 Å². The average molecular weight is 459 g/mol. The smallest absolute Gasteiger partial charge is 0.238 e. The highest BCUT2D eigenvalue weighted by Crippen LogP contribution is 2.28. The van der Waals surface area contributed by atoms with Gasteiger partial charge in [0.1, 0.15) is 5.75 Å². The molecule has 0 fully saturated rings. The number of halogens is 3. The molecule has 0 bridgehead atoms. The van der Waals surface area contributed by atoms with E-state index in [0.717, 1.165) is 6.42 Å². The standard InChI is InChI=1S/C20H22Cl3N3O3/c1-3-8-26(11-19(27)24-16-6-4-13(21)9-15(16)23)12-20(28)25-17-10-14(22)5-7-18(17)29-2/h4-7,9-10H,3,8,11-12H2,1-2H3,(H,24,27)(H,25,28). The van der Waals surface area contributed by atoms with Crippen LogP contribution in [0.1, 0.15) is 13.3 Å². The second-order valence-electron chi connectivity index (χ2n) is 6.28. The zero-order chi connectivity index (χ0) is 21.4. The number of nitrogens with zero attached hydrogens (tertiary/aromatic N) is 1. The molecule has 0 spiro atoms. The van der Waals surface area contributed by atoms with Crippen LogP contribution in [0.4, 0.5) is 11.4 Å². The maximum atomic E-state index is 12.5. The number of nitrogens with one attached hydrogen (secondary N) is 2. The molecule has 156 valence electrons. The Morgan fingerprint density at radius 2 is 1.52 bits per heavy atom. The molecule has 0 radical (unpaired) electrons. The summed E-state index contributed by atoms with van der Waals surface area (Å²) in [6, 6.07) is 9.77. The Morgan fingerprint density at radius 1 is 0.931 bits per heavy atom. The third-order valence-electron chi connectivity index (χ3n) is 3.92. The van der Waals surface area contributed by atoms with E-state index in [1.807, 2.05) is 6.92 Å². The van der Waals surface area contributed by atoms with Crippen LogP contribution < -0.4 is 15.4 Å². The summed E-state index contributed by atoms with van der Waals surface area (Å²) in [4.78, 5) is 26.6. The first kappa shape index (κ1) is 23.3. The zero-order valence-electron chi connectivity index (χ0n) is 16.1. The van der Waals surface area contributed by atoms with Gasteiger partial charge in [-0.15, -0.1) is 0 Å². The molecule has 2 aromatic carbocycles. The van der Waals surface area contributed by atoms with Crippen LogP contribution in [0.25, 0.3) is 0 Å². The van der Waals surface area contributed by atoms with Crippen molar-refractivity contribution in [3.8, 4) is 5.75 Å². The van der Waals surface area contributed by atoms with Gasteiger partial charge in [-0.2, -0.15) is 0 Å². The lowest BCUT2D eigenvalue weighted by Gasteiger charge is -2.21. The molecule has 0 heterocycles. The number of hydrogen-bond acceptors (Lipinski definition) is 4. The van der Waals surface area contributed by atoms with E-state index in [0.29, 0.717) is 38.7 Å². The molecule has 9 heteroatoms.